The number of amides is 6. The lowest BCUT2D eigenvalue weighted by atomic mass is 9.71. The fourth-order valence-electron chi connectivity index (χ4n) is 7.55. The summed E-state index contributed by atoms with van der Waals surface area (Å²) in [6.07, 6.45) is 16.4. The smallest absolute Gasteiger partial charge is 0.248 e. The number of phenolic OH excluding ortho intramolecular Hbond substituents is 1. The Kier molecular flexibility index (Phi) is 22.9. The Morgan fingerprint density at radius 1 is 0.717 bits per heavy atom. The summed E-state index contributed by atoms with van der Waals surface area (Å²) in [4.78, 5) is 81.0. The second kappa shape index (κ2) is 26.7. The molecule has 0 fully saturated rings. The predicted octanol–water partition coefficient (Wildman–Crippen LogP) is 4.09. The SMILES string of the molecule is CCCCCCCCCCCCCCCC(=O)N(C)[C@H](CO)C(=O)N[C@H](C)C(=O)NCC(=O)N(C)[C@H](C(=O)N[C@@H](C)C(=O)NC)c1ccc(O)c(C2=CC(O)[C@@H]2C(C)C)c1. The second-order valence-electron chi connectivity index (χ2n) is 16.6. The van der Waals surface area contributed by atoms with Crippen LogP contribution in [0.4, 0.5) is 0 Å². The highest BCUT2D eigenvalue weighted by molar-refractivity contribution is 5.95. The van der Waals surface area contributed by atoms with Crippen LogP contribution in [0.1, 0.15) is 142 Å². The fraction of sp³-hybridized carbons (Fsp3) is 0.689. The van der Waals surface area contributed by atoms with Crippen LogP contribution in [0, 0.1) is 11.8 Å². The topological polar surface area (TPSA) is 218 Å². The Morgan fingerprint density at radius 2 is 1.25 bits per heavy atom. The lowest BCUT2D eigenvalue weighted by Crippen LogP contribution is -2.55. The number of benzene rings is 1. The van der Waals surface area contributed by atoms with Gasteiger partial charge in [0.1, 0.15) is 29.9 Å². The van der Waals surface area contributed by atoms with Crippen molar-refractivity contribution in [2.75, 3.05) is 34.3 Å². The molecule has 1 aromatic rings. The molecule has 0 saturated heterocycles. The molecule has 1 aromatic carbocycles. The number of hydrogen-bond acceptors (Lipinski definition) is 9. The van der Waals surface area contributed by atoms with E-state index in [0.29, 0.717) is 23.1 Å². The molecule has 6 atom stereocenters. The molecule has 1 aliphatic carbocycles. The lowest BCUT2D eigenvalue weighted by molar-refractivity contribution is -0.142. The van der Waals surface area contributed by atoms with Crippen LogP contribution in [-0.4, -0.2) is 119 Å². The van der Waals surface area contributed by atoms with Gasteiger partial charge in [0.15, 0.2) is 0 Å². The van der Waals surface area contributed by atoms with E-state index in [0.717, 1.165) is 24.2 Å². The van der Waals surface area contributed by atoms with E-state index in [4.69, 9.17) is 0 Å². The third-order valence-corrected chi connectivity index (χ3v) is 11.5. The van der Waals surface area contributed by atoms with Crippen LogP contribution in [0.3, 0.4) is 0 Å². The summed E-state index contributed by atoms with van der Waals surface area (Å²) in [5, 5.41) is 41.2. The van der Waals surface area contributed by atoms with Gasteiger partial charge in [-0.05, 0) is 49.5 Å². The number of aromatic hydroxyl groups is 1. The molecule has 0 saturated carbocycles. The molecule has 0 heterocycles. The number of hydrogen-bond donors (Lipinski definition) is 7. The Balaban J connectivity index is 1.97. The number of carbonyl (C=O) groups excluding carboxylic acids is 6. The van der Waals surface area contributed by atoms with Crippen molar-refractivity contribution >= 4 is 41.0 Å². The van der Waals surface area contributed by atoms with E-state index in [1.54, 1.807) is 12.1 Å². The minimum atomic E-state index is -1.31. The zero-order chi connectivity index (χ0) is 44.9. The van der Waals surface area contributed by atoms with Gasteiger partial charge in [-0.15, -0.1) is 0 Å². The maximum Gasteiger partial charge on any atom is 0.248 e. The summed E-state index contributed by atoms with van der Waals surface area (Å²) >= 11 is 0. The van der Waals surface area contributed by atoms with Gasteiger partial charge in [0.05, 0.1) is 19.3 Å². The Hall–Kier alpha value is -4.50. The van der Waals surface area contributed by atoms with Crippen LogP contribution >= 0.6 is 0 Å². The zero-order valence-corrected chi connectivity index (χ0v) is 37.4. The van der Waals surface area contributed by atoms with Gasteiger partial charge in [-0.25, -0.2) is 0 Å². The van der Waals surface area contributed by atoms with Crippen molar-refractivity contribution in [3.8, 4) is 5.75 Å². The maximum atomic E-state index is 13.7. The van der Waals surface area contributed by atoms with Gasteiger partial charge >= 0.3 is 0 Å². The normalized spacial score (nSPS) is 16.7. The van der Waals surface area contributed by atoms with Crippen molar-refractivity contribution in [2.24, 2.45) is 11.8 Å². The molecule has 0 spiro atoms. The average Bonchev–Trinajstić information content (AvgIpc) is 3.20. The molecule has 15 nitrogen and oxygen atoms in total. The van der Waals surface area contributed by atoms with Crippen molar-refractivity contribution in [1.82, 2.24) is 31.1 Å². The van der Waals surface area contributed by atoms with Crippen LogP contribution in [0.5, 0.6) is 5.75 Å². The monoisotopic (exact) mass is 843 g/mol. The molecule has 60 heavy (non-hydrogen) atoms. The van der Waals surface area contributed by atoms with Crippen LogP contribution in [0.2, 0.25) is 0 Å². The van der Waals surface area contributed by atoms with Gasteiger partial charge in [-0.2, -0.15) is 0 Å². The molecule has 6 amide bonds. The number of likely N-dealkylation sites (N-methyl/N-ethyl adjacent to an activating group) is 3. The molecule has 7 N–H and O–H groups in total. The van der Waals surface area contributed by atoms with E-state index in [1.807, 2.05) is 13.8 Å². The van der Waals surface area contributed by atoms with Gasteiger partial charge in [0, 0.05) is 39.0 Å². The molecule has 0 bridgehead atoms. The summed E-state index contributed by atoms with van der Waals surface area (Å²) < 4.78 is 0. The van der Waals surface area contributed by atoms with E-state index in [2.05, 4.69) is 28.2 Å². The number of aliphatic hydroxyl groups excluding tert-OH is 2. The standard InChI is InChI=1S/C45H74N6O9/c1-9-10-11-12-13-14-15-16-17-18-19-20-21-22-38(55)50(7)35(28-52)44(59)48-31(5)43(58)47-27-39(56)51(8)41(45(60)49-30(4)42(57)46-6)32-23-24-36(53)33(25-32)34-26-37(54)40(34)29(2)3/h23-26,29-31,35,37,40-41,52-54H,9-22,27-28H2,1-8H3,(H,46,57)(H,47,58)(H,48,59)(H,49,60)/t30-,31+,35+,37?,40+,41-/m0/s1. The summed E-state index contributed by atoms with van der Waals surface area (Å²) in [6.45, 7) is 7.78. The highest BCUT2D eigenvalue weighted by atomic mass is 16.3. The molecular formula is C45H74N6O9. The molecule has 15 heteroatoms. The Labute approximate surface area is 357 Å². The second-order valence-corrected chi connectivity index (χ2v) is 16.6. The Morgan fingerprint density at radius 3 is 1.77 bits per heavy atom. The first kappa shape index (κ1) is 51.6. The van der Waals surface area contributed by atoms with Gasteiger partial charge < -0.3 is 46.4 Å². The van der Waals surface area contributed by atoms with Crippen molar-refractivity contribution in [3.63, 3.8) is 0 Å². The van der Waals surface area contributed by atoms with Gasteiger partial charge in [0.2, 0.25) is 35.4 Å². The summed E-state index contributed by atoms with van der Waals surface area (Å²) in [5.41, 5.74) is 1.39. The first-order valence-electron chi connectivity index (χ1n) is 22.0. The number of rotatable bonds is 28. The summed E-state index contributed by atoms with van der Waals surface area (Å²) in [6, 6.07) is -0.197. The number of unbranched alkanes of at least 4 members (excludes halogenated alkanes) is 12. The number of nitrogens with one attached hydrogen (secondary N) is 4. The number of nitrogens with zero attached hydrogens (tertiary/aromatic N) is 2. The molecule has 0 aromatic heterocycles. The number of phenols is 1. The summed E-state index contributed by atoms with van der Waals surface area (Å²) in [7, 11) is 4.23. The minimum Gasteiger partial charge on any atom is -0.507 e. The number of aliphatic hydroxyl groups is 2. The molecule has 0 radical (unpaired) electrons. The molecule has 0 aliphatic heterocycles. The summed E-state index contributed by atoms with van der Waals surface area (Å²) in [5.74, 6) is -3.88. The predicted molar refractivity (Wildman–Crippen MR) is 232 cm³/mol. The average molecular weight is 843 g/mol. The molecule has 338 valence electrons. The highest BCUT2D eigenvalue weighted by Gasteiger charge is 2.37. The van der Waals surface area contributed by atoms with Crippen LogP contribution in [0.15, 0.2) is 24.3 Å². The van der Waals surface area contributed by atoms with E-state index in [1.165, 1.54) is 110 Å². The lowest BCUT2D eigenvalue weighted by Gasteiger charge is -2.37. The maximum absolute atomic E-state index is 13.7. The third kappa shape index (κ3) is 15.8. The molecule has 2 rings (SSSR count). The quantitative estimate of drug-likeness (QED) is 0.0604. The van der Waals surface area contributed by atoms with Crippen LogP contribution in [-0.2, 0) is 28.8 Å². The Bertz CT molecular complexity index is 1600. The minimum absolute atomic E-state index is 0.0484. The molecule has 1 unspecified atom stereocenters. The van der Waals surface area contributed by atoms with E-state index >= 15 is 0 Å². The fourth-order valence-corrected chi connectivity index (χ4v) is 7.55. The molecule has 1 aliphatic rings. The number of carbonyl (C=O) groups is 6. The first-order chi connectivity index (χ1) is 28.5. The first-order valence-corrected chi connectivity index (χ1v) is 22.0. The largest absolute Gasteiger partial charge is 0.507 e. The van der Waals surface area contributed by atoms with E-state index in [9.17, 15) is 44.1 Å². The van der Waals surface area contributed by atoms with E-state index in [-0.39, 0.29) is 29.9 Å². The van der Waals surface area contributed by atoms with Crippen LogP contribution < -0.4 is 21.3 Å². The van der Waals surface area contributed by atoms with Crippen molar-refractivity contribution in [2.45, 2.75) is 155 Å². The van der Waals surface area contributed by atoms with Crippen LogP contribution in [0.25, 0.3) is 5.57 Å². The van der Waals surface area contributed by atoms with Gasteiger partial charge in [-0.3, -0.25) is 28.8 Å². The van der Waals surface area contributed by atoms with Gasteiger partial charge in [0.25, 0.3) is 0 Å². The van der Waals surface area contributed by atoms with E-state index < -0.39 is 73.0 Å². The zero-order valence-electron chi connectivity index (χ0n) is 37.4. The van der Waals surface area contributed by atoms with Crippen molar-refractivity contribution in [1.29, 1.82) is 0 Å². The molecular weight excluding hydrogens is 769 g/mol. The van der Waals surface area contributed by atoms with Crippen molar-refractivity contribution in [3.05, 3.63) is 35.4 Å². The van der Waals surface area contributed by atoms with Crippen molar-refractivity contribution < 1.29 is 44.1 Å². The highest BCUT2D eigenvalue weighted by Crippen LogP contribution is 2.44. The van der Waals surface area contributed by atoms with Gasteiger partial charge in [-0.1, -0.05) is 110 Å². The third-order valence-electron chi connectivity index (χ3n) is 11.5.